The second kappa shape index (κ2) is 7.39. The van der Waals surface area contributed by atoms with E-state index in [0.29, 0.717) is 0 Å². The molecule has 1 unspecified atom stereocenters. The van der Waals surface area contributed by atoms with Gasteiger partial charge in [-0.3, -0.25) is 4.79 Å². The van der Waals surface area contributed by atoms with E-state index in [1.807, 2.05) is 20.8 Å². The lowest BCUT2D eigenvalue weighted by atomic mass is 9.70. The maximum absolute atomic E-state index is 12.9. The number of carbonyl (C=O) groups is 1. The Morgan fingerprint density at radius 1 is 1.08 bits per heavy atom. The second-order valence-corrected chi connectivity index (χ2v) is 9.19. The topological polar surface area (TPSA) is 26.3 Å². The van der Waals surface area contributed by atoms with Crippen molar-refractivity contribution in [3.8, 4) is 0 Å². The molecule has 0 radical (unpaired) electrons. The summed E-state index contributed by atoms with van der Waals surface area (Å²) in [6, 6.07) is 0. The molecule has 0 saturated heterocycles. The third kappa shape index (κ3) is 4.69. The summed E-state index contributed by atoms with van der Waals surface area (Å²) < 4.78 is 5.67. The first kappa shape index (κ1) is 20.9. The van der Waals surface area contributed by atoms with Crippen LogP contribution in [0.5, 0.6) is 0 Å². The highest BCUT2D eigenvalue weighted by atomic mass is 16.5. The first-order valence-corrected chi connectivity index (χ1v) is 8.93. The average Bonchev–Trinajstić information content (AvgIpc) is 2.41. The van der Waals surface area contributed by atoms with Crippen LogP contribution in [-0.2, 0) is 9.53 Å². The molecule has 1 aliphatic carbocycles. The minimum absolute atomic E-state index is 0.0726. The van der Waals surface area contributed by atoms with Gasteiger partial charge in [0.2, 0.25) is 0 Å². The van der Waals surface area contributed by atoms with Crippen molar-refractivity contribution in [1.29, 1.82) is 0 Å². The fraction of sp³-hybridized carbons (Fsp3) is 0.682. The number of ketones is 1. The molecule has 2 nitrogen and oxygen atoms in total. The van der Waals surface area contributed by atoms with Crippen LogP contribution < -0.4 is 0 Å². The van der Waals surface area contributed by atoms with Gasteiger partial charge in [0.05, 0.1) is 0 Å². The highest BCUT2D eigenvalue weighted by molar-refractivity contribution is 6.11. The van der Waals surface area contributed by atoms with Crippen LogP contribution in [-0.4, -0.2) is 19.0 Å². The zero-order valence-corrected chi connectivity index (χ0v) is 17.4. The van der Waals surface area contributed by atoms with Crippen molar-refractivity contribution >= 4 is 5.78 Å². The predicted molar refractivity (Wildman–Crippen MR) is 103 cm³/mol. The molecule has 136 valence electrons. The van der Waals surface area contributed by atoms with Gasteiger partial charge >= 0.3 is 0 Å². The highest BCUT2D eigenvalue weighted by Crippen LogP contribution is 2.41. The highest BCUT2D eigenvalue weighted by Gasteiger charge is 2.37. The number of ether oxygens (including phenoxy) is 1. The second-order valence-electron chi connectivity index (χ2n) is 9.19. The third-order valence-corrected chi connectivity index (χ3v) is 5.02. The Labute approximate surface area is 149 Å². The zero-order valence-electron chi connectivity index (χ0n) is 17.4. The van der Waals surface area contributed by atoms with Crippen molar-refractivity contribution in [2.75, 3.05) is 7.11 Å². The van der Waals surface area contributed by atoms with Crippen LogP contribution in [0.1, 0.15) is 75.2 Å². The normalized spacial score (nSPS) is 21.0. The number of hydrogen-bond acceptors (Lipinski definition) is 2. The lowest BCUT2D eigenvalue weighted by molar-refractivity contribution is -0.113. The Kier molecular flexibility index (Phi) is 6.43. The molecule has 0 aromatic heterocycles. The van der Waals surface area contributed by atoms with E-state index < -0.39 is 0 Å². The van der Waals surface area contributed by atoms with E-state index in [0.717, 1.165) is 35.1 Å². The smallest absolute Gasteiger partial charge is 0.185 e. The molecule has 0 aromatic rings. The average molecular weight is 333 g/mol. The Hall–Kier alpha value is -1.15. The number of Topliss-reactive ketones (excluding diaryl/α,β-unsaturated/α-hetero) is 1. The first-order chi connectivity index (χ1) is 10.8. The van der Waals surface area contributed by atoms with Gasteiger partial charge in [-0.15, -0.1) is 0 Å². The Morgan fingerprint density at radius 3 is 2.08 bits per heavy atom. The molecule has 24 heavy (non-hydrogen) atoms. The van der Waals surface area contributed by atoms with Crippen molar-refractivity contribution in [2.24, 2.45) is 10.8 Å². The van der Waals surface area contributed by atoms with Gasteiger partial charge in [0.1, 0.15) is 6.10 Å². The van der Waals surface area contributed by atoms with Crippen LogP contribution in [0.25, 0.3) is 0 Å². The molecule has 0 N–H and O–H groups in total. The summed E-state index contributed by atoms with van der Waals surface area (Å²) in [5.41, 5.74) is 5.36. The van der Waals surface area contributed by atoms with Crippen LogP contribution in [0.2, 0.25) is 0 Å². The largest absolute Gasteiger partial charge is 0.373 e. The lowest BCUT2D eigenvalue weighted by Crippen LogP contribution is -2.32. The van der Waals surface area contributed by atoms with E-state index >= 15 is 0 Å². The number of rotatable bonds is 5. The molecule has 2 heteroatoms. The molecule has 0 spiro atoms. The maximum atomic E-state index is 12.9. The van der Waals surface area contributed by atoms with Gasteiger partial charge in [-0.1, -0.05) is 46.3 Å². The van der Waals surface area contributed by atoms with Gasteiger partial charge in [-0.2, -0.15) is 0 Å². The van der Waals surface area contributed by atoms with E-state index in [4.69, 9.17) is 4.74 Å². The van der Waals surface area contributed by atoms with Crippen LogP contribution in [0.15, 0.2) is 33.9 Å². The van der Waals surface area contributed by atoms with Gasteiger partial charge in [0, 0.05) is 12.7 Å². The lowest BCUT2D eigenvalue weighted by Gasteiger charge is -2.35. The Bertz CT molecular complexity index is 592. The van der Waals surface area contributed by atoms with Crippen molar-refractivity contribution in [3.63, 3.8) is 0 Å². The van der Waals surface area contributed by atoms with E-state index in [2.05, 4.69) is 47.6 Å². The zero-order chi connectivity index (χ0) is 18.9. The molecule has 0 aromatic carbocycles. The van der Waals surface area contributed by atoms with Crippen molar-refractivity contribution in [3.05, 3.63) is 33.9 Å². The molecule has 1 rings (SSSR count). The third-order valence-electron chi connectivity index (χ3n) is 5.02. The minimum Gasteiger partial charge on any atom is -0.373 e. The van der Waals surface area contributed by atoms with Gasteiger partial charge in [-0.05, 0) is 68.1 Å². The van der Waals surface area contributed by atoms with E-state index in [9.17, 15) is 4.79 Å². The summed E-state index contributed by atoms with van der Waals surface area (Å²) in [5.74, 6) is 0.185. The Balaban J connectivity index is 3.15. The summed E-state index contributed by atoms with van der Waals surface area (Å²) in [5, 5.41) is 0. The Morgan fingerprint density at radius 2 is 1.62 bits per heavy atom. The van der Waals surface area contributed by atoms with Crippen LogP contribution in [0, 0.1) is 10.8 Å². The number of hydrogen-bond donors (Lipinski definition) is 0. The first-order valence-electron chi connectivity index (χ1n) is 8.93. The summed E-state index contributed by atoms with van der Waals surface area (Å²) in [6.45, 7) is 19.3. The summed E-state index contributed by atoms with van der Waals surface area (Å²) in [4.78, 5) is 12.9. The van der Waals surface area contributed by atoms with Crippen LogP contribution in [0.3, 0.4) is 0 Å². The summed E-state index contributed by atoms with van der Waals surface area (Å²) in [6.07, 6.45) is 4.18. The predicted octanol–water partition coefficient (Wildman–Crippen LogP) is 6.04. The van der Waals surface area contributed by atoms with Gasteiger partial charge in [0.25, 0.3) is 0 Å². The number of allylic oxidation sites excluding steroid dienone is 4. The number of carbonyl (C=O) groups excluding carboxylic acids is 1. The van der Waals surface area contributed by atoms with Crippen molar-refractivity contribution in [2.45, 2.75) is 81.3 Å². The summed E-state index contributed by atoms with van der Waals surface area (Å²) >= 11 is 0. The van der Waals surface area contributed by atoms with Crippen molar-refractivity contribution in [1.82, 2.24) is 0 Å². The molecule has 1 atom stereocenters. The molecular formula is C22H36O2. The van der Waals surface area contributed by atoms with Crippen molar-refractivity contribution < 1.29 is 9.53 Å². The van der Waals surface area contributed by atoms with E-state index in [-0.39, 0.29) is 22.7 Å². The molecule has 1 aliphatic rings. The quantitative estimate of drug-likeness (QED) is 0.574. The molecule has 0 fully saturated rings. The van der Waals surface area contributed by atoms with Gasteiger partial charge in [0.15, 0.2) is 5.78 Å². The van der Waals surface area contributed by atoms with Gasteiger partial charge < -0.3 is 4.74 Å². The maximum Gasteiger partial charge on any atom is 0.185 e. The molecule has 0 aliphatic heterocycles. The standard InChI is InChI=1S/C22H36O2/c1-14(13-21(5,6)7)11-12-22(8,9)18-17(4)20(24-10)16(3)15(2)19(18)23/h11,20H,12-13H2,1-10H3. The fourth-order valence-electron chi connectivity index (χ4n) is 3.83. The van der Waals surface area contributed by atoms with Gasteiger partial charge in [-0.25, -0.2) is 0 Å². The van der Waals surface area contributed by atoms with E-state index in [1.165, 1.54) is 5.57 Å². The molecule has 0 saturated carbocycles. The molecule has 0 heterocycles. The fourth-order valence-corrected chi connectivity index (χ4v) is 3.83. The van der Waals surface area contributed by atoms with E-state index in [1.54, 1.807) is 7.11 Å². The van der Waals surface area contributed by atoms with Crippen LogP contribution >= 0.6 is 0 Å². The monoisotopic (exact) mass is 332 g/mol. The molecule has 0 amide bonds. The number of methoxy groups -OCH3 is 1. The molecular weight excluding hydrogens is 296 g/mol. The molecule has 0 bridgehead atoms. The minimum atomic E-state index is -0.195. The summed E-state index contributed by atoms with van der Waals surface area (Å²) in [7, 11) is 1.72. The van der Waals surface area contributed by atoms with Crippen LogP contribution in [0.4, 0.5) is 0 Å². The SMILES string of the molecule is COC1C(C)=C(C)C(=O)C(C(C)(C)CC=C(C)CC(C)(C)C)=C1C.